The van der Waals surface area contributed by atoms with Gasteiger partial charge in [0.2, 0.25) is 17.8 Å². The molecule has 2 aliphatic rings. The molecular formula is C30H43N9O2. The number of hydrogen-bond donors (Lipinski definition) is 2. The van der Waals surface area contributed by atoms with Gasteiger partial charge in [-0.25, -0.2) is 0 Å². The van der Waals surface area contributed by atoms with Gasteiger partial charge in [-0.2, -0.15) is 19.6 Å². The zero-order valence-corrected chi connectivity index (χ0v) is 24.7. The van der Waals surface area contributed by atoms with Crippen LogP contribution in [0.5, 0.6) is 0 Å². The van der Waals surface area contributed by atoms with Gasteiger partial charge in [0.1, 0.15) is 0 Å². The summed E-state index contributed by atoms with van der Waals surface area (Å²) < 4.78 is 7.33. The normalized spacial score (nSPS) is 16.8. The van der Waals surface area contributed by atoms with Gasteiger partial charge in [0.05, 0.1) is 6.20 Å². The van der Waals surface area contributed by atoms with Gasteiger partial charge in [0.25, 0.3) is 0 Å². The maximum Gasteiger partial charge on any atom is 0.246 e. The summed E-state index contributed by atoms with van der Waals surface area (Å²) in [4.78, 5) is 28.7. The number of nitrogens with one attached hydrogen (secondary N) is 2. The smallest absolute Gasteiger partial charge is 0.246 e. The Morgan fingerprint density at radius 2 is 1.88 bits per heavy atom. The van der Waals surface area contributed by atoms with Crippen LogP contribution >= 0.6 is 0 Å². The number of carbonyl (C=O) groups is 1. The highest BCUT2D eigenvalue weighted by molar-refractivity contribution is 5.87. The quantitative estimate of drug-likeness (QED) is 0.361. The van der Waals surface area contributed by atoms with Gasteiger partial charge in [0, 0.05) is 75.9 Å². The molecule has 11 nitrogen and oxygen atoms in total. The Kier molecular flexibility index (Phi) is 9.35. The van der Waals surface area contributed by atoms with Crippen molar-refractivity contribution in [1.29, 1.82) is 0 Å². The van der Waals surface area contributed by atoms with E-state index < -0.39 is 0 Å². The van der Waals surface area contributed by atoms with Gasteiger partial charge < -0.3 is 30.1 Å². The number of anilines is 3. The number of fused-ring (bicyclic) bond motifs is 1. The first kappa shape index (κ1) is 28.8. The van der Waals surface area contributed by atoms with Crippen molar-refractivity contribution < 1.29 is 9.53 Å². The molecule has 0 spiro atoms. The highest BCUT2D eigenvalue weighted by atomic mass is 16.5. The minimum Gasteiger partial charge on any atom is -0.381 e. The summed E-state index contributed by atoms with van der Waals surface area (Å²) in [6.45, 7) is 10.1. The Balaban J connectivity index is 1.30. The third-order valence-electron chi connectivity index (χ3n) is 7.66. The molecule has 2 fully saturated rings. The van der Waals surface area contributed by atoms with E-state index in [1.807, 2.05) is 36.2 Å². The van der Waals surface area contributed by atoms with Crippen molar-refractivity contribution in [2.75, 3.05) is 75.6 Å². The number of carbonyl (C=O) groups excluding carboxylic acids is 1. The first-order valence-electron chi connectivity index (χ1n) is 14.7. The van der Waals surface area contributed by atoms with Gasteiger partial charge in [0.15, 0.2) is 5.65 Å². The molecule has 0 aliphatic carbocycles. The van der Waals surface area contributed by atoms with Crippen molar-refractivity contribution in [2.45, 2.75) is 45.2 Å². The van der Waals surface area contributed by atoms with E-state index in [1.54, 1.807) is 10.6 Å². The highest BCUT2D eigenvalue weighted by Gasteiger charge is 2.22. The molecule has 220 valence electrons. The summed E-state index contributed by atoms with van der Waals surface area (Å²) >= 11 is 0. The van der Waals surface area contributed by atoms with Crippen LogP contribution in [0.2, 0.25) is 0 Å². The Labute approximate surface area is 242 Å². The highest BCUT2D eigenvalue weighted by Crippen LogP contribution is 2.26. The van der Waals surface area contributed by atoms with Gasteiger partial charge in [-0.3, -0.25) is 4.79 Å². The minimum absolute atomic E-state index is 0.0828. The van der Waals surface area contributed by atoms with Crippen LogP contribution < -0.4 is 15.5 Å². The number of hydrogen-bond acceptors (Lipinski definition) is 9. The van der Waals surface area contributed by atoms with Crippen LogP contribution in [-0.4, -0.2) is 101 Å². The third-order valence-corrected chi connectivity index (χ3v) is 7.66. The standard InChI is InChI=1S/C30H43N9O2/c1-22(2)25-21-32-39-28(25)34-29(33-24-11-18-41-19-12-24)35-30(39)31-20-23-8-5-6-9-26(23)37-14-16-38(17-15-37)27(40)10-7-13-36(3)4/h5-10,21-22,24H,11-20H2,1-4H3,(H2,31,33,34,35). The fraction of sp³-hybridized carbons (Fsp3) is 0.533. The monoisotopic (exact) mass is 561 g/mol. The second-order valence-corrected chi connectivity index (χ2v) is 11.4. The van der Waals surface area contributed by atoms with E-state index in [4.69, 9.17) is 14.7 Å². The van der Waals surface area contributed by atoms with E-state index in [0.29, 0.717) is 43.5 Å². The fourth-order valence-electron chi connectivity index (χ4n) is 5.29. The Morgan fingerprint density at radius 3 is 2.61 bits per heavy atom. The third kappa shape index (κ3) is 7.15. The van der Waals surface area contributed by atoms with Crippen LogP contribution in [0.1, 0.15) is 43.7 Å². The number of ether oxygens (including phenoxy) is 1. The van der Waals surface area contributed by atoms with Crippen LogP contribution in [-0.2, 0) is 16.1 Å². The minimum atomic E-state index is 0.0828. The molecule has 0 unspecified atom stereocenters. The van der Waals surface area contributed by atoms with Gasteiger partial charge in [-0.15, -0.1) is 0 Å². The zero-order valence-electron chi connectivity index (χ0n) is 24.7. The number of likely N-dealkylation sites (N-methyl/N-ethyl adjacent to an activating group) is 1. The molecule has 0 atom stereocenters. The SMILES string of the molecule is CC(C)c1cnn2c(NCc3ccccc3N3CCN(C(=O)C=CCN(C)C)CC3)nc(NC3CCOCC3)nc12. The maximum atomic E-state index is 12.6. The first-order chi connectivity index (χ1) is 19.9. The Hall–Kier alpha value is -3.70. The van der Waals surface area contributed by atoms with E-state index in [2.05, 4.69) is 58.7 Å². The van der Waals surface area contributed by atoms with E-state index in [-0.39, 0.29) is 5.91 Å². The molecule has 0 bridgehead atoms. The zero-order chi connectivity index (χ0) is 28.8. The summed E-state index contributed by atoms with van der Waals surface area (Å²) in [6, 6.07) is 8.73. The Morgan fingerprint density at radius 1 is 1.12 bits per heavy atom. The van der Waals surface area contributed by atoms with E-state index in [1.165, 1.54) is 11.3 Å². The number of aromatic nitrogens is 4. The summed E-state index contributed by atoms with van der Waals surface area (Å²) in [6.07, 6.45) is 7.38. The number of benzene rings is 1. The van der Waals surface area contributed by atoms with E-state index in [9.17, 15) is 4.79 Å². The lowest BCUT2D eigenvalue weighted by molar-refractivity contribution is -0.126. The summed E-state index contributed by atoms with van der Waals surface area (Å²) in [5.41, 5.74) is 4.25. The Bertz CT molecular complexity index is 1340. The van der Waals surface area contributed by atoms with Gasteiger partial charge >= 0.3 is 0 Å². The van der Waals surface area contributed by atoms with Gasteiger partial charge in [-0.05, 0) is 44.5 Å². The van der Waals surface area contributed by atoms with Crippen LogP contribution in [0.4, 0.5) is 17.6 Å². The molecule has 2 aromatic heterocycles. The van der Waals surface area contributed by atoms with Gasteiger partial charge in [-0.1, -0.05) is 38.1 Å². The molecule has 1 amide bonds. The fourth-order valence-corrected chi connectivity index (χ4v) is 5.29. The molecule has 0 radical (unpaired) electrons. The summed E-state index contributed by atoms with van der Waals surface area (Å²) in [5, 5.41) is 11.7. The number of amides is 1. The predicted octanol–water partition coefficient (Wildman–Crippen LogP) is 3.22. The number of piperazine rings is 1. The molecule has 5 rings (SSSR count). The molecule has 2 N–H and O–H groups in total. The maximum absolute atomic E-state index is 12.6. The van der Waals surface area contributed by atoms with Crippen molar-refractivity contribution in [3.8, 4) is 0 Å². The van der Waals surface area contributed by atoms with Crippen molar-refractivity contribution in [2.24, 2.45) is 0 Å². The van der Waals surface area contributed by atoms with Crippen molar-refractivity contribution in [3.63, 3.8) is 0 Å². The number of para-hydroxylation sites is 1. The largest absolute Gasteiger partial charge is 0.381 e. The molecule has 4 heterocycles. The number of rotatable bonds is 10. The van der Waals surface area contributed by atoms with E-state index in [0.717, 1.165) is 56.9 Å². The summed E-state index contributed by atoms with van der Waals surface area (Å²) in [7, 11) is 3.99. The second kappa shape index (κ2) is 13.3. The first-order valence-corrected chi connectivity index (χ1v) is 14.7. The van der Waals surface area contributed by atoms with Crippen LogP contribution in [0.25, 0.3) is 5.65 Å². The molecular weight excluding hydrogens is 518 g/mol. The van der Waals surface area contributed by atoms with Crippen LogP contribution in [0.3, 0.4) is 0 Å². The molecule has 2 aliphatic heterocycles. The van der Waals surface area contributed by atoms with Crippen LogP contribution in [0, 0.1) is 0 Å². The predicted molar refractivity (Wildman–Crippen MR) is 163 cm³/mol. The lowest BCUT2D eigenvalue weighted by Gasteiger charge is -2.36. The summed E-state index contributed by atoms with van der Waals surface area (Å²) in [5.74, 6) is 1.65. The van der Waals surface area contributed by atoms with Crippen LogP contribution in [0.15, 0.2) is 42.6 Å². The molecule has 3 aromatic rings. The number of nitrogens with zero attached hydrogens (tertiary/aromatic N) is 7. The molecule has 41 heavy (non-hydrogen) atoms. The molecule has 11 heteroatoms. The van der Waals surface area contributed by atoms with Crippen molar-refractivity contribution >= 4 is 29.1 Å². The van der Waals surface area contributed by atoms with Crippen molar-refractivity contribution in [3.05, 3.63) is 53.7 Å². The molecule has 0 saturated carbocycles. The lowest BCUT2D eigenvalue weighted by atomic mass is 10.1. The second-order valence-electron chi connectivity index (χ2n) is 11.4. The topological polar surface area (TPSA) is 103 Å². The van der Waals surface area contributed by atoms with E-state index >= 15 is 0 Å². The average molecular weight is 562 g/mol. The average Bonchev–Trinajstić information content (AvgIpc) is 3.41. The molecule has 1 aromatic carbocycles. The lowest BCUT2D eigenvalue weighted by Crippen LogP contribution is -2.48. The van der Waals surface area contributed by atoms with Crippen molar-refractivity contribution in [1.82, 2.24) is 29.4 Å². The molecule has 2 saturated heterocycles.